The van der Waals surface area contributed by atoms with Crippen LogP contribution < -0.4 is 19.9 Å². The summed E-state index contributed by atoms with van der Waals surface area (Å²) in [5.41, 5.74) is 2.48. The van der Waals surface area contributed by atoms with Crippen molar-refractivity contribution in [3.63, 3.8) is 0 Å². The van der Waals surface area contributed by atoms with E-state index in [-0.39, 0.29) is 17.6 Å². The number of anilines is 1. The summed E-state index contributed by atoms with van der Waals surface area (Å²) in [6.45, 7) is 5.74. The van der Waals surface area contributed by atoms with Crippen LogP contribution in [0.25, 0.3) is 10.9 Å². The van der Waals surface area contributed by atoms with Crippen LogP contribution in [-0.2, 0) is 0 Å². The quantitative estimate of drug-likeness (QED) is 0.366. The van der Waals surface area contributed by atoms with E-state index < -0.39 is 0 Å². The summed E-state index contributed by atoms with van der Waals surface area (Å²) >= 11 is 0. The van der Waals surface area contributed by atoms with Crippen molar-refractivity contribution >= 4 is 16.6 Å². The second-order valence-corrected chi connectivity index (χ2v) is 10.3. The van der Waals surface area contributed by atoms with Gasteiger partial charge in [0.05, 0.1) is 19.8 Å². The molecule has 0 radical (unpaired) electrons. The van der Waals surface area contributed by atoms with E-state index in [1.807, 2.05) is 48.0 Å². The maximum absolute atomic E-state index is 13.6. The average molecular weight is 530 g/mol. The van der Waals surface area contributed by atoms with E-state index in [9.17, 15) is 4.79 Å². The molecule has 4 aromatic rings. The maximum Gasteiger partial charge on any atom is 0.253 e. The van der Waals surface area contributed by atoms with Gasteiger partial charge in [-0.15, -0.1) is 5.10 Å². The zero-order chi connectivity index (χ0) is 26.8. The molecule has 6 rings (SSSR count). The van der Waals surface area contributed by atoms with E-state index in [4.69, 9.17) is 9.47 Å². The van der Waals surface area contributed by atoms with Crippen LogP contribution in [-0.4, -0.2) is 70.0 Å². The van der Waals surface area contributed by atoms with Gasteiger partial charge in [-0.05, 0) is 78.7 Å². The number of aromatic nitrogens is 5. The summed E-state index contributed by atoms with van der Waals surface area (Å²) in [5, 5.41) is 14.0. The van der Waals surface area contributed by atoms with E-state index >= 15 is 0 Å². The highest BCUT2D eigenvalue weighted by Crippen LogP contribution is 2.35. The Hall–Kier alpha value is -3.92. The molecule has 1 N–H and O–H groups in total. The van der Waals surface area contributed by atoms with Crippen LogP contribution in [0.3, 0.4) is 0 Å². The molecule has 1 aliphatic heterocycles. The van der Waals surface area contributed by atoms with E-state index in [0.717, 1.165) is 72.9 Å². The molecule has 1 saturated heterocycles. The second-order valence-electron chi connectivity index (χ2n) is 10.3. The van der Waals surface area contributed by atoms with Crippen LogP contribution in [0, 0.1) is 0 Å². The van der Waals surface area contributed by atoms with Crippen LogP contribution in [0.1, 0.15) is 56.1 Å². The van der Waals surface area contributed by atoms with Crippen molar-refractivity contribution in [2.45, 2.75) is 44.7 Å². The summed E-state index contributed by atoms with van der Waals surface area (Å²) in [6.07, 6.45) is 4.46. The van der Waals surface area contributed by atoms with Crippen molar-refractivity contribution < 1.29 is 9.47 Å². The number of pyridine rings is 1. The summed E-state index contributed by atoms with van der Waals surface area (Å²) in [6, 6.07) is 15.8. The highest BCUT2D eigenvalue weighted by molar-refractivity contribution is 5.80. The van der Waals surface area contributed by atoms with Gasteiger partial charge in [0.15, 0.2) is 5.82 Å². The number of hydrogen-bond donors (Lipinski definition) is 1. The second kappa shape index (κ2) is 11.1. The average Bonchev–Trinajstić information content (AvgIpc) is 3.67. The molecule has 1 aliphatic carbocycles. The fraction of sp³-hybridized carbons (Fsp3) is 0.448. The fourth-order valence-corrected chi connectivity index (χ4v) is 5.98. The van der Waals surface area contributed by atoms with Crippen LogP contribution >= 0.6 is 0 Å². The van der Waals surface area contributed by atoms with Gasteiger partial charge in [-0.1, -0.05) is 12.8 Å². The zero-order valence-electron chi connectivity index (χ0n) is 22.5. The Morgan fingerprint density at radius 1 is 1.00 bits per heavy atom. The minimum atomic E-state index is -0.359. The minimum Gasteiger partial charge on any atom is -0.497 e. The van der Waals surface area contributed by atoms with Gasteiger partial charge in [-0.3, -0.25) is 9.69 Å². The maximum atomic E-state index is 13.6. The number of tetrazole rings is 1. The number of nitrogens with zero attached hydrogens (tertiary/aromatic N) is 6. The molecule has 10 heteroatoms. The molecule has 2 aromatic heterocycles. The molecule has 10 nitrogen and oxygen atoms in total. The lowest BCUT2D eigenvalue weighted by Crippen LogP contribution is -2.49. The van der Waals surface area contributed by atoms with E-state index in [2.05, 4.69) is 42.4 Å². The van der Waals surface area contributed by atoms with Crippen LogP contribution in [0.2, 0.25) is 0 Å². The predicted octanol–water partition coefficient (Wildman–Crippen LogP) is 3.95. The van der Waals surface area contributed by atoms with Gasteiger partial charge in [-0.25, -0.2) is 4.68 Å². The van der Waals surface area contributed by atoms with E-state index in [0.29, 0.717) is 12.2 Å². The Morgan fingerprint density at radius 3 is 2.46 bits per heavy atom. The van der Waals surface area contributed by atoms with Crippen molar-refractivity contribution in [1.29, 1.82) is 0 Å². The molecule has 2 aliphatic rings. The van der Waals surface area contributed by atoms with Crippen molar-refractivity contribution in [1.82, 2.24) is 30.1 Å². The van der Waals surface area contributed by atoms with Crippen molar-refractivity contribution in [3.05, 3.63) is 70.3 Å². The first kappa shape index (κ1) is 25.4. The van der Waals surface area contributed by atoms with E-state index in [1.165, 1.54) is 12.8 Å². The topological polar surface area (TPSA) is 101 Å². The summed E-state index contributed by atoms with van der Waals surface area (Å²) < 4.78 is 13.0. The van der Waals surface area contributed by atoms with E-state index in [1.54, 1.807) is 7.11 Å². The number of nitrogens with one attached hydrogen (secondary N) is 1. The van der Waals surface area contributed by atoms with Gasteiger partial charge in [0.2, 0.25) is 0 Å². The van der Waals surface area contributed by atoms with Gasteiger partial charge in [0.1, 0.15) is 17.5 Å². The number of fused-ring (bicyclic) bond motifs is 1. The molecule has 0 amide bonds. The number of ether oxygens (including phenoxy) is 2. The number of H-pyrrole nitrogens is 1. The Kier molecular flexibility index (Phi) is 7.19. The molecule has 2 fully saturated rings. The number of aromatic amines is 1. The first-order valence-corrected chi connectivity index (χ1v) is 13.8. The summed E-state index contributed by atoms with van der Waals surface area (Å²) in [5.74, 6) is 2.37. The molecular weight excluding hydrogens is 494 g/mol. The largest absolute Gasteiger partial charge is 0.497 e. The van der Waals surface area contributed by atoms with Gasteiger partial charge in [0.25, 0.3) is 5.56 Å². The number of rotatable bonds is 8. The molecule has 1 atom stereocenters. The molecule has 0 unspecified atom stereocenters. The third-order valence-corrected chi connectivity index (χ3v) is 8.00. The number of piperazine rings is 1. The minimum absolute atomic E-state index is 0.116. The van der Waals surface area contributed by atoms with Gasteiger partial charge >= 0.3 is 0 Å². The standard InChI is InChI=1S/C29H35N7O3/c1-3-39-24-12-13-26-20(18-24)19-25(29(37)30-26)27(28-31-32-33-36(28)22-6-4-5-7-22)35-16-14-34(15-17-35)21-8-10-23(38-2)11-9-21/h8-13,18-19,22,27H,3-7,14-17H2,1-2H3,(H,30,37)/t27-/m0/s1. The van der Waals surface area contributed by atoms with Crippen LogP contribution in [0.15, 0.2) is 53.3 Å². The molecular formula is C29H35N7O3. The number of hydrogen-bond acceptors (Lipinski definition) is 8. The first-order valence-electron chi connectivity index (χ1n) is 13.8. The number of methoxy groups -OCH3 is 1. The zero-order valence-corrected chi connectivity index (χ0v) is 22.5. The van der Waals surface area contributed by atoms with Gasteiger partial charge in [0, 0.05) is 48.3 Å². The summed E-state index contributed by atoms with van der Waals surface area (Å²) in [4.78, 5) is 21.4. The summed E-state index contributed by atoms with van der Waals surface area (Å²) in [7, 11) is 1.68. The molecule has 2 aromatic carbocycles. The van der Waals surface area contributed by atoms with Crippen molar-refractivity contribution in [2.75, 3.05) is 44.8 Å². The van der Waals surface area contributed by atoms with Crippen LogP contribution in [0.5, 0.6) is 11.5 Å². The van der Waals surface area contributed by atoms with Crippen molar-refractivity contribution in [3.8, 4) is 11.5 Å². The van der Waals surface area contributed by atoms with Crippen molar-refractivity contribution in [2.24, 2.45) is 0 Å². The SMILES string of the molecule is CCOc1ccc2[nH]c(=O)c([C@@H](c3nnnn3C3CCCC3)N3CCN(c4ccc(OC)cc4)CC3)cc2c1. The lowest BCUT2D eigenvalue weighted by atomic mass is 10.0. The van der Waals surface area contributed by atoms with Gasteiger partial charge < -0.3 is 19.4 Å². The normalized spacial score (nSPS) is 17.5. The molecule has 39 heavy (non-hydrogen) atoms. The third kappa shape index (κ3) is 5.08. The first-order chi connectivity index (χ1) is 19.1. The predicted molar refractivity (Wildman–Crippen MR) is 150 cm³/mol. The monoisotopic (exact) mass is 529 g/mol. The Balaban J connectivity index is 1.36. The molecule has 204 valence electrons. The molecule has 0 spiro atoms. The fourth-order valence-electron chi connectivity index (χ4n) is 5.98. The smallest absolute Gasteiger partial charge is 0.253 e. The molecule has 3 heterocycles. The lowest BCUT2D eigenvalue weighted by molar-refractivity contribution is 0.197. The molecule has 1 saturated carbocycles. The molecule has 0 bridgehead atoms. The highest BCUT2D eigenvalue weighted by atomic mass is 16.5. The highest BCUT2D eigenvalue weighted by Gasteiger charge is 2.34. The lowest BCUT2D eigenvalue weighted by Gasteiger charge is -2.39. The Morgan fingerprint density at radius 2 is 1.74 bits per heavy atom. The van der Waals surface area contributed by atoms with Gasteiger partial charge in [-0.2, -0.15) is 0 Å². The Bertz CT molecular complexity index is 1470. The third-order valence-electron chi connectivity index (χ3n) is 8.00. The van der Waals surface area contributed by atoms with Crippen LogP contribution in [0.4, 0.5) is 5.69 Å². The number of benzene rings is 2. The Labute approximate surface area is 227 Å².